The number of β-lactam (4-membered cyclic amide) rings is 1. The van der Waals surface area contributed by atoms with Crippen LogP contribution in [0.2, 0.25) is 0 Å². The Hall–Kier alpha value is -4.81. The fourth-order valence-electron chi connectivity index (χ4n) is 3.44. The fourth-order valence-corrected chi connectivity index (χ4v) is 3.44. The molecule has 172 valence electrons. The number of imidazole rings is 1. The van der Waals surface area contributed by atoms with Gasteiger partial charge in [-0.05, 0) is 18.2 Å². The van der Waals surface area contributed by atoms with E-state index < -0.39 is 23.3 Å². The molecule has 0 aromatic carbocycles. The minimum atomic E-state index is -0.609. The molecule has 12 nitrogen and oxygen atoms in total. The Morgan fingerprint density at radius 1 is 1.21 bits per heavy atom. The molecule has 34 heavy (non-hydrogen) atoms. The standard InChI is InChI=1S/C21H18FN9O3/c1-23-13-8-16(27-12-3-2-6-30(21(12)34)17-7-11(22)4-5-24-17)29-31-15(10-25-18(13)31)20(33)28-14-9-26-19(14)32/h2-8,10,14,23H,9H2,1H3,(H,26,32)(H,27,29)(H,28,33). The van der Waals surface area contributed by atoms with Gasteiger partial charge in [0.2, 0.25) is 5.91 Å². The molecular formula is C21H18FN9O3. The Morgan fingerprint density at radius 2 is 2.06 bits per heavy atom. The van der Waals surface area contributed by atoms with Gasteiger partial charge in [0.05, 0.1) is 11.9 Å². The van der Waals surface area contributed by atoms with Gasteiger partial charge in [-0.25, -0.2) is 18.9 Å². The molecular weight excluding hydrogens is 445 g/mol. The van der Waals surface area contributed by atoms with Crippen LogP contribution >= 0.6 is 0 Å². The van der Waals surface area contributed by atoms with Crippen molar-refractivity contribution in [3.05, 3.63) is 70.8 Å². The molecule has 4 N–H and O–H groups in total. The molecule has 0 saturated carbocycles. The Labute approximate surface area is 190 Å². The van der Waals surface area contributed by atoms with Crippen LogP contribution in [-0.2, 0) is 4.79 Å². The second-order valence-corrected chi connectivity index (χ2v) is 7.40. The van der Waals surface area contributed by atoms with Crippen LogP contribution in [0, 0.1) is 5.82 Å². The number of nitrogens with one attached hydrogen (secondary N) is 4. The van der Waals surface area contributed by atoms with Gasteiger partial charge in [-0.1, -0.05) is 0 Å². The number of rotatable bonds is 6. The van der Waals surface area contributed by atoms with Crippen LogP contribution < -0.4 is 26.8 Å². The van der Waals surface area contributed by atoms with Crippen molar-refractivity contribution in [3.63, 3.8) is 0 Å². The molecule has 13 heteroatoms. The summed E-state index contributed by atoms with van der Waals surface area (Å²) < 4.78 is 16.1. The first kappa shape index (κ1) is 21.1. The predicted octanol–water partition coefficient (Wildman–Crippen LogP) is 0.428. The maximum atomic E-state index is 13.6. The van der Waals surface area contributed by atoms with Gasteiger partial charge in [0.1, 0.15) is 23.4 Å². The van der Waals surface area contributed by atoms with Crippen LogP contribution in [0.5, 0.6) is 0 Å². The molecule has 4 aromatic heterocycles. The number of hydrogen-bond donors (Lipinski definition) is 4. The third kappa shape index (κ3) is 3.68. The van der Waals surface area contributed by atoms with E-state index in [1.54, 1.807) is 25.2 Å². The number of carbonyl (C=O) groups excluding carboxylic acids is 2. The number of amides is 2. The summed E-state index contributed by atoms with van der Waals surface area (Å²) in [6.45, 7) is 0.351. The number of hydrogen-bond acceptors (Lipinski definition) is 8. The Bertz CT molecular complexity index is 1500. The zero-order valence-electron chi connectivity index (χ0n) is 17.7. The highest BCUT2D eigenvalue weighted by Crippen LogP contribution is 2.22. The summed E-state index contributed by atoms with van der Waals surface area (Å²) in [4.78, 5) is 45.5. The number of carbonyl (C=O) groups is 2. The van der Waals surface area contributed by atoms with Crippen molar-refractivity contribution in [2.24, 2.45) is 0 Å². The van der Waals surface area contributed by atoms with Crippen LogP contribution in [0.25, 0.3) is 11.5 Å². The summed E-state index contributed by atoms with van der Waals surface area (Å²) in [6, 6.07) is 6.49. The van der Waals surface area contributed by atoms with Crippen LogP contribution in [0.3, 0.4) is 0 Å². The molecule has 5 heterocycles. The van der Waals surface area contributed by atoms with Crippen LogP contribution in [0.1, 0.15) is 10.5 Å². The largest absolute Gasteiger partial charge is 0.385 e. The lowest BCUT2D eigenvalue weighted by Crippen LogP contribution is -2.61. The van der Waals surface area contributed by atoms with Gasteiger partial charge in [-0.3, -0.25) is 19.0 Å². The van der Waals surface area contributed by atoms with Crippen LogP contribution in [0.15, 0.2) is 53.7 Å². The Morgan fingerprint density at radius 3 is 2.76 bits per heavy atom. The molecule has 4 aromatic rings. The van der Waals surface area contributed by atoms with Crippen molar-refractivity contribution in [1.29, 1.82) is 0 Å². The highest BCUT2D eigenvalue weighted by atomic mass is 19.1. The second-order valence-electron chi connectivity index (χ2n) is 7.40. The van der Waals surface area contributed by atoms with E-state index in [9.17, 15) is 18.8 Å². The molecule has 1 saturated heterocycles. The Kier molecular flexibility index (Phi) is 5.12. The smallest absolute Gasteiger partial charge is 0.279 e. The van der Waals surface area contributed by atoms with E-state index >= 15 is 0 Å². The number of anilines is 3. The highest BCUT2D eigenvalue weighted by molar-refractivity contribution is 5.99. The first-order valence-corrected chi connectivity index (χ1v) is 10.2. The second kappa shape index (κ2) is 8.27. The van der Waals surface area contributed by atoms with Crippen molar-refractivity contribution in [2.75, 3.05) is 24.2 Å². The van der Waals surface area contributed by atoms with Gasteiger partial charge >= 0.3 is 0 Å². The zero-order valence-corrected chi connectivity index (χ0v) is 17.7. The molecule has 1 unspecified atom stereocenters. The van der Waals surface area contributed by atoms with Gasteiger partial charge in [-0.2, -0.15) is 0 Å². The number of fused-ring (bicyclic) bond motifs is 1. The lowest BCUT2D eigenvalue weighted by molar-refractivity contribution is -0.128. The summed E-state index contributed by atoms with van der Waals surface area (Å²) in [7, 11) is 1.68. The SMILES string of the molecule is CNc1cc(Nc2cccn(-c3cc(F)ccn3)c2=O)nn2c(C(=O)NC3CNC3=O)cnc12. The molecule has 1 aliphatic rings. The van der Waals surface area contributed by atoms with E-state index in [0.29, 0.717) is 17.9 Å². The summed E-state index contributed by atoms with van der Waals surface area (Å²) >= 11 is 0. The highest BCUT2D eigenvalue weighted by Gasteiger charge is 2.30. The normalized spacial score (nSPS) is 14.9. The van der Waals surface area contributed by atoms with E-state index in [1.807, 2.05) is 0 Å². The molecule has 0 spiro atoms. The van der Waals surface area contributed by atoms with E-state index in [-0.39, 0.29) is 28.9 Å². The first-order chi connectivity index (χ1) is 16.4. The monoisotopic (exact) mass is 463 g/mol. The number of nitrogens with zero attached hydrogens (tertiary/aromatic N) is 5. The average molecular weight is 463 g/mol. The van der Waals surface area contributed by atoms with Crippen molar-refractivity contribution in [2.45, 2.75) is 6.04 Å². The number of pyridine rings is 2. The quantitative estimate of drug-likeness (QED) is 0.301. The maximum absolute atomic E-state index is 13.6. The Balaban J connectivity index is 1.51. The van der Waals surface area contributed by atoms with Crippen molar-refractivity contribution in [3.8, 4) is 5.82 Å². The molecule has 0 radical (unpaired) electrons. The van der Waals surface area contributed by atoms with Gasteiger partial charge in [0, 0.05) is 38.1 Å². The minimum absolute atomic E-state index is 0.115. The van der Waals surface area contributed by atoms with Gasteiger partial charge in [0.15, 0.2) is 17.2 Å². The molecule has 0 aliphatic carbocycles. The van der Waals surface area contributed by atoms with Crippen LogP contribution in [-0.4, -0.2) is 55.6 Å². The topological polar surface area (TPSA) is 147 Å². The van der Waals surface area contributed by atoms with Gasteiger partial charge in [0.25, 0.3) is 11.5 Å². The predicted molar refractivity (Wildman–Crippen MR) is 120 cm³/mol. The summed E-state index contributed by atoms with van der Waals surface area (Å²) in [6.07, 6.45) is 4.09. The fraction of sp³-hybridized carbons (Fsp3) is 0.143. The number of aromatic nitrogens is 5. The van der Waals surface area contributed by atoms with Crippen LogP contribution in [0.4, 0.5) is 21.6 Å². The third-order valence-electron chi connectivity index (χ3n) is 5.24. The molecule has 0 bridgehead atoms. The minimum Gasteiger partial charge on any atom is -0.385 e. The van der Waals surface area contributed by atoms with Gasteiger partial charge < -0.3 is 21.3 Å². The molecule has 2 amide bonds. The van der Waals surface area contributed by atoms with Crippen molar-refractivity contribution >= 4 is 34.7 Å². The van der Waals surface area contributed by atoms with E-state index in [2.05, 4.69) is 36.3 Å². The lowest BCUT2D eigenvalue weighted by atomic mass is 10.1. The summed E-state index contributed by atoms with van der Waals surface area (Å²) in [5, 5.41) is 15.5. The van der Waals surface area contributed by atoms with Crippen molar-refractivity contribution in [1.82, 2.24) is 34.8 Å². The summed E-state index contributed by atoms with van der Waals surface area (Å²) in [5.74, 6) is -0.930. The van der Waals surface area contributed by atoms with Gasteiger partial charge in [-0.15, -0.1) is 5.10 Å². The third-order valence-corrected chi connectivity index (χ3v) is 5.24. The lowest BCUT2D eigenvalue weighted by Gasteiger charge is -2.26. The average Bonchev–Trinajstić information content (AvgIpc) is 3.26. The first-order valence-electron chi connectivity index (χ1n) is 10.2. The molecule has 1 atom stereocenters. The van der Waals surface area contributed by atoms with E-state index in [1.165, 1.54) is 33.7 Å². The molecule has 1 aliphatic heterocycles. The molecule has 5 rings (SSSR count). The maximum Gasteiger partial charge on any atom is 0.279 e. The van der Waals surface area contributed by atoms with Crippen molar-refractivity contribution < 1.29 is 14.0 Å². The van der Waals surface area contributed by atoms with E-state index in [4.69, 9.17) is 0 Å². The van der Waals surface area contributed by atoms with E-state index in [0.717, 1.165) is 6.07 Å². The summed E-state index contributed by atoms with van der Waals surface area (Å²) in [5.41, 5.74) is 0.712. The zero-order chi connectivity index (χ0) is 23.8. The number of halogens is 1. The molecule has 1 fully saturated rings.